The van der Waals surface area contributed by atoms with Crippen molar-refractivity contribution in [1.82, 2.24) is 4.98 Å². The molecule has 0 bridgehead atoms. The van der Waals surface area contributed by atoms with Crippen LogP contribution in [0.15, 0.2) is 16.5 Å². The van der Waals surface area contributed by atoms with E-state index < -0.39 is 24.1 Å². The van der Waals surface area contributed by atoms with Crippen LogP contribution in [-0.4, -0.2) is 23.3 Å². The second-order valence-corrected chi connectivity index (χ2v) is 5.99. The van der Waals surface area contributed by atoms with Crippen molar-refractivity contribution < 1.29 is 18.1 Å². The summed E-state index contributed by atoms with van der Waals surface area (Å²) in [6.45, 7) is 7.76. The summed E-state index contributed by atoms with van der Waals surface area (Å²) >= 11 is 0. The van der Waals surface area contributed by atoms with Gasteiger partial charge in [0.05, 0.1) is 11.2 Å². The van der Waals surface area contributed by atoms with Gasteiger partial charge in [-0.05, 0) is 45.3 Å². The first-order chi connectivity index (χ1) is 9.19. The normalized spacial score (nSPS) is 20.8. The smallest absolute Gasteiger partial charge is 0.421 e. The largest absolute Gasteiger partial charge is 0.495 e. The van der Waals surface area contributed by atoms with Crippen LogP contribution >= 0.6 is 0 Å². The third kappa shape index (κ3) is 1.89. The minimum absolute atomic E-state index is 0.0442. The van der Waals surface area contributed by atoms with Crippen LogP contribution in [0.3, 0.4) is 0 Å². The van der Waals surface area contributed by atoms with E-state index in [4.69, 9.17) is 19.5 Å². The fraction of sp³-hybridized carbons (Fsp3) is 0.462. The Morgan fingerprint density at radius 1 is 1.15 bits per heavy atom. The van der Waals surface area contributed by atoms with E-state index in [1.54, 1.807) is 6.07 Å². The molecular weight excluding hydrogens is 262 g/mol. The van der Waals surface area contributed by atoms with Gasteiger partial charge in [-0.15, -0.1) is 0 Å². The Morgan fingerprint density at radius 2 is 1.75 bits per heavy atom. The number of hydrogen-bond acceptors (Lipinski definition) is 5. The third-order valence-corrected chi connectivity index (χ3v) is 4.01. The molecule has 2 heterocycles. The molecule has 1 aliphatic heterocycles. The SMILES string of the molecule is CC1(C)OB(c2cc(F)c3oc(N)nc3c2)OC1(C)C. The summed E-state index contributed by atoms with van der Waals surface area (Å²) in [5, 5.41) is 0. The molecule has 0 spiro atoms. The lowest BCUT2D eigenvalue weighted by Crippen LogP contribution is -2.41. The number of nitrogens with zero attached hydrogens (tertiary/aromatic N) is 1. The van der Waals surface area contributed by atoms with E-state index in [2.05, 4.69) is 4.98 Å². The zero-order valence-electron chi connectivity index (χ0n) is 11.9. The molecule has 1 aliphatic rings. The lowest BCUT2D eigenvalue weighted by molar-refractivity contribution is 0.00578. The highest BCUT2D eigenvalue weighted by Gasteiger charge is 2.51. The molecule has 2 aromatic rings. The number of rotatable bonds is 1. The van der Waals surface area contributed by atoms with Crippen LogP contribution in [0, 0.1) is 5.82 Å². The molecule has 1 aromatic carbocycles. The summed E-state index contributed by atoms with van der Waals surface area (Å²) in [7, 11) is -0.642. The van der Waals surface area contributed by atoms with Crippen LogP contribution in [0.5, 0.6) is 0 Å². The van der Waals surface area contributed by atoms with Gasteiger partial charge in [0.15, 0.2) is 11.4 Å². The van der Waals surface area contributed by atoms with Crippen molar-refractivity contribution in [3.63, 3.8) is 0 Å². The maximum absolute atomic E-state index is 14.0. The fourth-order valence-corrected chi connectivity index (χ4v) is 2.14. The van der Waals surface area contributed by atoms with Crippen molar-refractivity contribution in [2.45, 2.75) is 38.9 Å². The van der Waals surface area contributed by atoms with E-state index in [1.807, 2.05) is 27.7 Å². The van der Waals surface area contributed by atoms with E-state index in [0.29, 0.717) is 11.0 Å². The topological polar surface area (TPSA) is 70.5 Å². The van der Waals surface area contributed by atoms with Crippen LogP contribution in [-0.2, 0) is 9.31 Å². The van der Waals surface area contributed by atoms with Crippen molar-refractivity contribution in [1.29, 1.82) is 0 Å². The van der Waals surface area contributed by atoms with Gasteiger partial charge in [0, 0.05) is 0 Å². The van der Waals surface area contributed by atoms with E-state index in [1.165, 1.54) is 6.07 Å². The summed E-state index contributed by atoms with van der Waals surface area (Å²) in [6, 6.07) is 2.93. The number of oxazole rings is 1. The molecule has 106 valence electrons. The molecule has 0 saturated carbocycles. The average molecular weight is 278 g/mol. The Kier molecular flexibility index (Phi) is 2.65. The monoisotopic (exact) mass is 278 g/mol. The molecule has 0 atom stereocenters. The molecule has 7 heteroatoms. The molecule has 0 amide bonds. The predicted octanol–water partition coefficient (Wildman–Crippen LogP) is 1.85. The van der Waals surface area contributed by atoms with Crippen LogP contribution < -0.4 is 11.2 Å². The van der Waals surface area contributed by atoms with Crippen LogP contribution in [0.1, 0.15) is 27.7 Å². The fourth-order valence-electron chi connectivity index (χ4n) is 2.14. The van der Waals surface area contributed by atoms with Crippen molar-refractivity contribution in [3.05, 3.63) is 17.9 Å². The Hall–Kier alpha value is -1.60. The van der Waals surface area contributed by atoms with Crippen LogP contribution in [0.4, 0.5) is 10.4 Å². The molecule has 1 saturated heterocycles. The second kappa shape index (κ2) is 3.96. The van der Waals surface area contributed by atoms with E-state index >= 15 is 0 Å². The zero-order chi connectivity index (χ0) is 14.7. The maximum Gasteiger partial charge on any atom is 0.495 e. The first-order valence-electron chi connectivity index (χ1n) is 6.41. The summed E-state index contributed by atoms with van der Waals surface area (Å²) < 4.78 is 30.8. The molecule has 1 aromatic heterocycles. The summed E-state index contributed by atoms with van der Waals surface area (Å²) in [6.07, 6.45) is 0. The lowest BCUT2D eigenvalue weighted by Gasteiger charge is -2.32. The van der Waals surface area contributed by atoms with Crippen LogP contribution in [0.2, 0.25) is 0 Å². The summed E-state index contributed by atoms with van der Waals surface area (Å²) in [5.41, 5.74) is 5.44. The van der Waals surface area contributed by atoms with Gasteiger partial charge in [-0.2, -0.15) is 4.98 Å². The number of fused-ring (bicyclic) bond motifs is 1. The molecule has 3 rings (SSSR count). The van der Waals surface area contributed by atoms with Gasteiger partial charge in [0.2, 0.25) is 0 Å². The molecule has 0 aliphatic carbocycles. The number of halogens is 1. The first-order valence-corrected chi connectivity index (χ1v) is 6.41. The lowest BCUT2D eigenvalue weighted by atomic mass is 9.79. The molecule has 0 unspecified atom stereocenters. The van der Waals surface area contributed by atoms with Crippen molar-refractivity contribution in [3.8, 4) is 0 Å². The summed E-state index contributed by atoms with van der Waals surface area (Å²) in [4.78, 5) is 3.94. The number of aromatic nitrogens is 1. The van der Waals surface area contributed by atoms with E-state index in [9.17, 15) is 4.39 Å². The Bertz CT molecular complexity index is 668. The molecule has 2 N–H and O–H groups in total. The number of nitrogens with two attached hydrogens (primary N) is 1. The minimum Gasteiger partial charge on any atom is -0.421 e. The van der Waals surface area contributed by atoms with Gasteiger partial charge in [-0.3, -0.25) is 0 Å². The summed E-state index contributed by atoms with van der Waals surface area (Å²) in [5.74, 6) is -0.531. The highest BCUT2D eigenvalue weighted by atomic mass is 19.1. The average Bonchev–Trinajstić information content (AvgIpc) is 2.77. The number of benzene rings is 1. The zero-order valence-corrected chi connectivity index (χ0v) is 11.9. The molecule has 20 heavy (non-hydrogen) atoms. The second-order valence-electron chi connectivity index (χ2n) is 5.99. The van der Waals surface area contributed by atoms with Crippen molar-refractivity contribution in [2.24, 2.45) is 0 Å². The quantitative estimate of drug-likeness (QED) is 0.806. The van der Waals surface area contributed by atoms with Crippen LogP contribution in [0.25, 0.3) is 11.1 Å². The standard InChI is InChI=1S/C13H16BFN2O3/c1-12(2)13(3,4)20-14(19-12)7-5-8(15)10-9(6-7)17-11(16)18-10/h5-6H,1-4H3,(H2,16,17). The Balaban J connectivity index is 2.04. The molecule has 0 radical (unpaired) electrons. The van der Waals surface area contributed by atoms with E-state index in [-0.39, 0.29) is 11.6 Å². The number of hydrogen-bond donors (Lipinski definition) is 1. The highest BCUT2D eigenvalue weighted by Crippen LogP contribution is 2.36. The van der Waals surface area contributed by atoms with Crippen molar-refractivity contribution >= 4 is 29.7 Å². The van der Waals surface area contributed by atoms with Gasteiger partial charge in [0.25, 0.3) is 6.01 Å². The first kappa shape index (κ1) is 13.4. The number of anilines is 1. The van der Waals surface area contributed by atoms with Gasteiger partial charge >= 0.3 is 7.12 Å². The minimum atomic E-state index is -0.642. The predicted molar refractivity (Wildman–Crippen MR) is 74.1 cm³/mol. The maximum atomic E-state index is 14.0. The van der Waals surface area contributed by atoms with Gasteiger partial charge in [-0.25, -0.2) is 4.39 Å². The molecule has 5 nitrogen and oxygen atoms in total. The molecule has 1 fully saturated rings. The highest BCUT2D eigenvalue weighted by molar-refractivity contribution is 6.62. The molecular formula is C13H16BFN2O3. The van der Waals surface area contributed by atoms with E-state index in [0.717, 1.165) is 0 Å². The third-order valence-electron chi connectivity index (χ3n) is 4.01. The van der Waals surface area contributed by atoms with Gasteiger partial charge in [-0.1, -0.05) is 0 Å². The Labute approximate surface area is 116 Å². The Morgan fingerprint density at radius 3 is 2.35 bits per heavy atom. The van der Waals surface area contributed by atoms with Gasteiger partial charge < -0.3 is 19.5 Å². The van der Waals surface area contributed by atoms with Crippen molar-refractivity contribution in [2.75, 3.05) is 5.73 Å². The van der Waals surface area contributed by atoms with Gasteiger partial charge in [0.1, 0.15) is 5.52 Å². The number of nitrogen functional groups attached to an aromatic ring is 1.